The summed E-state index contributed by atoms with van der Waals surface area (Å²) in [6.45, 7) is 3.12. The zero-order valence-electron chi connectivity index (χ0n) is 13.4. The maximum Gasteiger partial charge on any atom is 0.124 e. The third-order valence-corrected chi connectivity index (χ3v) is 4.11. The van der Waals surface area contributed by atoms with E-state index in [0.29, 0.717) is 19.8 Å². The fraction of sp³-hybridized carbons (Fsp3) is 0.471. The van der Waals surface area contributed by atoms with Crippen molar-refractivity contribution in [3.63, 3.8) is 0 Å². The molecule has 1 aromatic heterocycles. The van der Waals surface area contributed by atoms with Gasteiger partial charge in [0.15, 0.2) is 0 Å². The van der Waals surface area contributed by atoms with Crippen LogP contribution in [0, 0.1) is 0 Å². The van der Waals surface area contributed by atoms with Crippen molar-refractivity contribution in [3.05, 3.63) is 47.3 Å². The third kappa shape index (κ3) is 4.10. The Morgan fingerprint density at radius 1 is 1.39 bits per heavy atom. The SMILES string of the molecule is COc1ccccc1COCC(O)CN1CCc2[nH]ncc2C1. The number of hydrogen-bond acceptors (Lipinski definition) is 5. The minimum atomic E-state index is -0.502. The number of para-hydroxylation sites is 1. The maximum atomic E-state index is 10.2. The van der Waals surface area contributed by atoms with Crippen LogP contribution < -0.4 is 4.74 Å². The lowest BCUT2D eigenvalue weighted by Crippen LogP contribution is -2.38. The molecule has 6 heteroatoms. The summed E-state index contributed by atoms with van der Waals surface area (Å²) in [4.78, 5) is 2.23. The summed E-state index contributed by atoms with van der Waals surface area (Å²) >= 11 is 0. The quantitative estimate of drug-likeness (QED) is 0.807. The van der Waals surface area contributed by atoms with Gasteiger partial charge in [0.25, 0.3) is 0 Å². The Labute approximate surface area is 136 Å². The molecule has 0 saturated carbocycles. The molecule has 3 rings (SSSR count). The zero-order chi connectivity index (χ0) is 16.1. The first-order chi connectivity index (χ1) is 11.3. The summed E-state index contributed by atoms with van der Waals surface area (Å²) in [5, 5.41) is 17.3. The number of aliphatic hydroxyl groups excluding tert-OH is 1. The molecule has 0 bridgehead atoms. The highest BCUT2D eigenvalue weighted by Gasteiger charge is 2.20. The van der Waals surface area contributed by atoms with Gasteiger partial charge >= 0.3 is 0 Å². The monoisotopic (exact) mass is 317 g/mol. The van der Waals surface area contributed by atoms with Crippen molar-refractivity contribution < 1.29 is 14.6 Å². The Morgan fingerprint density at radius 3 is 3.13 bits per heavy atom. The normalized spacial score (nSPS) is 16.1. The van der Waals surface area contributed by atoms with Gasteiger partial charge in [-0.15, -0.1) is 0 Å². The summed E-state index contributed by atoms with van der Waals surface area (Å²) in [5.41, 5.74) is 3.42. The number of aliphatic hydroxyl groups is 1. The summed E-state index contributed by atoms with van der Waals surface area (Å²) in [6.07, 6.45) is 2.31. The van der Waals surface area contributed by atoms with Crippen LogP contribution in [0.15, 0.2) is 30.5 Å². The predicted octanol–water partition coefficient (Wildman–Crippen LogP) is 1.35. The maximum absolute atomic E-state index is 10.2. The van der Waals surface area contributed by atoms with Crippen LogP contribution >= 0.6 is 0 Å². The molecule has 2 aromatic rings. The number of H-pyrrole nitrogens is 1. The van der Waals surface area contributed by atoms with Gasteiger partial charge in [0.05, 0.1) is 32.6 Å². The van der Waals surface area contributed by atoms with E-state index in [1.165, 1.54) is 11.3 Å². The standard InChI is InChI=1S/C17H23N3O3/c1-22-17-5-3-2-4-13(17)11-23-12-15(21)10-20-7-6-16-14(9-20)8-18-19-16/h2-5,8,15,21H,6-7,9-12H2,1H3,(H,18,19). The molecule has 6 nitrogen and oxygen atoms in total. The van der Waals surface area contributed by atoms with Crippen molar-refractivity contribution >= 4 is 0 Å². The number of ether oxygens (including phenoxy) is 2. The highest BCUT2D eigenvalue weighted by atomic mass is 16.5. The van der Waals surface area contributed by atoms with Crippen molar-refractivity contribution in [2.45, 2.75) is 25.7 Å². The highest BCUT2D eigenvalue weighted by Crippen LogP contribution is 2.18. The van der Waals surface area contributed by atoms with Crippen LogP contribution in [-0.4, -0.2) is 53.1 Å². The molecular formula is C17H23N3O3. The van der Waals surface area contributed by atoms with Crippen LogP contribution in [0.25, 0.3) is 0 Å². The topological polar surface area (TPSA) is 70.6 Å². The van der Waals surface area contributed by atoms with E-state index in [9.17, 15) is 5.11 Å². The number of β-amino-alcohol motifs (C(OH)–C–C–N with tert-alkyl or cyclic N) is 1. The van der Waals surface area contributed by atoms with Gasteiger partial charge in [0, 0.05) is 42.9 Å². The van der Waals surface area contributed by atoms with Crippen LogP contribution in [-0.2, 0) is 24.3 Å². The molecule has 1 aliphatic heterocycles. The lowest BCUT2D eigenvalue weighted by molar-refractivity contribution is 0.00723. The summed E-state index contributed by atoms with van der Waals surface area (Å²) in [5.74, 6) is 0.811. The minimum absolute atomic E-state index is 0.312. The molecule has 1 atom stereocenters. The Balaban J connectivity index is 1.42. The third-order valence-electron chi connectivity index (χ3n) is 4.11. The van der Waals surface area contributed by atoms with Crippen LogP contribution in [0.3, 0.4) is 0 Å². The number of fused-ring (bicyclic) bond motifs is 1. The number of benzene rings is 1. The van der Waals surface area contributed by atoms with Crippen LogP contribution in [0.2, 0.25) is 0 Å². The zero-order valence-corrected chi connectivity index (χ0v) is 13.4. The van der Waals surface area contributed by atoms with Gasteiger partial charge < -0.3 is 14.6 Å². The number of rotatable bonds is 7. The second kappa shape index (κ2) is 7.59. The smallest absolute Gasteiger partial charge is 0.124 e. The van der Waals surface area contributed by atoms with Crippen molar-refractivity contribution in [1.82, 2.24) is 15.1 Å². The molecule has 0 spiro atoms. The number of nitrogens with one attached hydrogen (secondary N) is 1. The lowest BCUT2D eigenvalue weighted by atomic mass is 10.1. The van der Waals surface area contributed by atoms with Crippen LogP contribution in [0.5, 0.6) is 5.75 Å². The Bertz CT molecular complexity index is 629. The largest absolute Gasteiger partial charge is 0.496 e. The number of aromatic amines is 1. The molecule has 2 heterocycles. The first-order valence-corrected chi connectivity index (χ1v) is 7.87. The van der Waals surface area contributed by atoms with Crippen molar-refractivity contribution in [3.8, 4) is 5.75 Å². The Kier molecular flexibility index (Phi) is 5.27. The predicted molar refractivity (Wildman–Crippen MR) is 86.2 cm³/mol. The van der Waals surface area contributed by atoms with Crippen molar-refractivity contribution in [2.75, 3.05) is 26.8 Å². The molecule has 0 radical (unpaired) electrons. The van der Waals surface area contributed by atoms with Gasteiger partial charge in [-0.25, -0.2) is 0 Å². The average Bonchev–Trinajstić information content (AvgIpc) is 3.03. The molecule has 2 N–H and O–H groups in total. The number of aromatic nitrogens is 2. The van der Waals surface area contributed by atoms with Gasteiger partial charge in [-0.3, -0.25) is 10.00 Å². The van der Waals surface area contributed by atoms with Crippen molar-refractivity contribution in [1.29, 1.82) is 0 Å². The summed E-state index contributed by atoms with van der Waals surface area (Å²) in [7, 11) is 1.65. The van der Waals surface area contributed by atoms with Crippen LogP contribution in [0.4, 0.5) is 0 Å². The molecule has 0 saturated heterocycles. The van der Waals surface area contributed by atoms with E-state index >= 15 is 0 Å². The fourth-order valence-corrected chi connectivity index (χ4v) is 2.91. The molecule has 1 aliphatic rings. The van der Waals surface area contributed by atoms with E-state index < -0.39 is 6.10 Å². The van der Waals surface area contributed by atoms with Gasteiger partial charge in [-0.1, -0.05) is 18.2 Å². The molecule has 23 heavy (non-hydrogen) atoms. The molecule has 124 valence electrons. The molecule has 1 unspecified atom stereocenters. The first-order valence-electron chi connectivity index (χ1n) is 7.87. The first kappa shape index (κ1) is 16.0. The molecule has 0 aliphatic carbocycles. The molecular weight excluding hydrogens is 294 g/mol. The summed E-state index contributed by atoms with van der Waals surface area (Å²) in [6, 6.07) is 7.76. The van der Waals surface area contributed by atoms with Gasteiger partial charge in [0.2, 0.25) is 0 Å². The summed E-state index contributed by atoms with van der Waals surface area (Å²) < 4.78 is 10.9. The van der Waals surface area contributed by atoms with E-state index in [0.717, 1.165) is 30.8 Å². The van der Waals surface area contributed by atoms with Crippen LogP contribution in [0.1, 0.15) is 16.8 Å². The van der Waals surface area contributed by atoms with E-state index in [-0.39, 0.29) is 0 Å². The Hall–Kier alpha value is -1.89. The van der Waals surface area contributed by atoms with Crippen molar-refractivity contribution in [2.24, 2.45) is 0 Å². The second-order valence-corrected chi connectivity index (χ2v) is 5.84. The van der Waals surface area contributed by atoms with Gasteiger partial charge in [0.1, 0.15) is 5.75 Å². The number of hydrogen-bond donors (Lipinski definition) is 2. The molecule has 0 amide bonds. The Morgan fingerprint density at radius 2 is 2.26 bits per heavy atom. The van der Waals surface area contributed by atoms with Gasteiger partial charge in [-0.2, -0.15) is 5.10 Å². The molecule has 0 fully saturated rings. The average molecular weight is 317 g/mol. The van der Waals surface area contributed by atoms with E-state index in [1.54, 1.807) is 7.11 Å². The second-order valence-electron chi connectivity index (χ2n) is 5.84. The number of methoxy groups -OCH3 is 1. The van der Waals surface area contributed by atoms with E-state index in [4.69, 9.17) is 9.47 Å². The van der Waals surface area contributed by atoms with Gasteiger partial charge in [-0.05, 0) is 6.07 Å². The number of nitrogens with zero attached hydrogens (tertiary/aromatic N) is 2. The minimum Gasteiger partial charge on any atom is -0.496 e. The lowest BCUT2D eigenvalue weighted by Gasteiger charge is -2.28. The highest BCUT2D eigenvalue weighted by molar-refractivity contribution is 5.32. The van der Waals surface area contributed by atoms with E-state index in [2.05, 4.69) is 15.1 Å². The molecule has 1 aromatic carbocycles. The fourth-order valence-electron chi connectivity index (χ4n) is 2.91. The van der Waals surface area contributed by atoms with E-state index in [1.807, 2.05) is 30.5 Å².